The monoisotopic (exact) mass is 210 g/mol. The lowest BCUT2D eigenvalue weighted by atomic mass is 10.1. The molecule has 0 atom stereocenters. The lowest BCUT2D eigenvalue weighted by Crippen LogP contribution is -2.02. The molecule has 0 saturated heterocycles. The maximum absolute atomic E-state index is 9.04. The summed E-state index contributed by atoms with van der Waals surface area (Å²) in [5.41, 5.74) is 7.49. The van der Waals surface area contributed by atoms with Crippen molar-refractivity contribution in [3.8, 4) is 17.3 Å². The van der Waals surface area contributed by atoms with Crippen molar-refractivity contribution in [2.45, 2.75) is 6.92 Å². The van der Waals surface area contributed by atoms with E-state index in [4.69, 9.17) is 11.0 Å². The minimum Gasteiger partial charge on any atom is -0.382 e. The van der Waals surface area contributed by atoms with E-state index in [0.717, 1.165) is 5.56 Å². The molecule has 0 aliphatic carbocycles. The van der Waals surface area contributed by atoms with Crippen LogP contribution in [-0.2, 0) is 0 Å². The molecule has 1 heterocycles. The second kappa shape index (κ2) is 3.99. The van der Waals surface area contributed by atoms with Gasteiger partial charge >= 0.3 is 0 Å². The standard InChI is InChI=1S/C12H10N4/c1-8-15-11(9-5-3-2-4-6-9)10(7-13)12(14)16-8/h2-6H,1H3,(H2,14,15,16). The number of nitriles is 1. The number of nitrogen functional groups attached to an aromatic ring is 1. The van der Waals surface area contributed by atoms with Crippen LogP contribution in [0.25, 0.3) is 11.3 Å². The summed E-state index contributed by atoms with van der Waals surface area (Å²) < 4.78 is 0. The Hall–Kier alpha value is -2.41. The first-order valence-electron chi connectivity index (χ1n) is 4.82. The van der Waals surface area contributed by atoms with Crippen LogP contribution in [-0.4, -0.2) is 9.97 Å². The van der Waals surface area contributed by atoms with Gasteiger partial charge in [-0.15, -0.1) is 0 Å². The van der Waals surface area contributed by atoms with Crippen LogP contribution < -0.4 is 5.73 Å². The first kappa shape index (κ1) is 10.1. The molecule has 4 heteroatoms. The molecule has 0 bridgehead atoms. The average molecular weight is 210 g/mol. The molecule has 2 N–H and O–H groups in total. The number of aryl methyl sites for hydroxylation is 1. The second-order valence-corrected chi connectivity index (χ2v) is 3.36. The first-order valence-corrected chi connectivity index (χ1v) is 4.82. The number of nitrogens with two attached hydrogens (primary N) is 1. The molecule has 4 nitrogen and oxygen atoms in total. The SMILES string of the molecule is Cc1nc(N)c(C#N)c(-c2ccccc2)n1. The van der Waals surface area contributed by atoms with Gasteiger partial charge in [-0.25, -0.2) is 9.97 Å². The zero-order valence-electron chi connectivity index (χ0n) is 8.81. The highest BCUT2D eigenvalue weighted by Crippen LogP contribution is 2.23. The van der Waals surface area contributed by atoms with Gasteiger partial charge in [0.15, 0.2) is 0 Å². The number of aromatic nitrogens is 2. The Labute approximate surface area is 93.4 Å². The van der Waals surface area contributed by atoms with E-state index in [1.165, 1.54) is 0 Å². The van der Waals surface area contributed by atoms with Crippen molar-refractivity contribution in [1.29, 1.82) is 5.26 Å². The smallest absolute Gasteiger partial charge is 0.145 e. The first-order chi connectivity index (χ1) is 7.72. The lowest BCUT2D eigenvalue weighted by molar-refractivity contribution is 1.06. The second-order valence-electron chi connectivity index (χ2n) is 3.36. The van der Waals surface area contributed by atoms with Crippen LogP contribution >= 0.6 is 0 Å². The zero-order chi connectivity index (χ0) is 11.5. The molecule has 16 heavy (non-hydrogen) atoms. The maximum atomic E-state index is 9.04. The minimum atomic E-state index is 0.230. The summed E-state index contributed by atoms with van der Waals surface area (Å²) in [6.07, 6.45) is 0. The molecule has 2 aromatic rings. The normalized spacial score (nSPS) is 9.75. The predicted octanol–water partition coefficient (Wildman–Crippen LogP) is 1.91. The van der Waals surface area contributed by atoms with E-state index in [0.29, 0.717) is 17.1 Å². The van der Waals surface area contributed by atoms with Crippen molar-refractivity contribution < 1.29 is 0 Å². The largest absolute Gasteiger partial charge is 0.382 e. The van der Waals surface area contributed by atoms with Crippen molar-refractivity contribution in [3.05, 3.63) is 41.7 Å². The van der Waals surface area contributed by atoms with Gasteiger partial charge in [0.05, 0.1) is 5.69 Å². The quantitative estimate of drug-likeness (QED) is 0.780. The van der Waals surface area contributed by atoms with E-state index in [1.54, 1.807) is 6.92 Å². The Bertz CT molecular complexity index is 555. The van der Waals surface area contributed by atoms with E-state index in [9.17, 15) is 0 Å². The van der Waals surface area contributed by atoms with Crippen LogP contribution in [0.4, 0.5) is 5.82 Å². The Kier molecular flexibility index (Phi) is 2.52. The number of anilines is 1. The number of nitrogens with zero attached hydrogens (tertiary/aromatic N) is 3. The third kappa shape index (κ3) is 1.71. The summed E-state index contributed by atoms with van der Waals surface area (Å²) in [6.45, 7) is 1.75. The Morgan fingerprint density at radius 2 is 1.88 bits per heavy atom. The number of hydrogen-bond acceptors (Lipinski definition) is 4. The third-order valence-electron chi connectivity index (χ3n) is 2.21. The highest BCUT2D eigenvalue weighted by atomic mass is 14.9. The van der Waals surface area contributed by atoms with Crippen LogP contribution in [0.15, 0.2) is 30.3 Å². The molecule has 0 radical (unpaired) electrons. The minimum absolute atomic E-state index is 0.230. The van der Waals surface area contributed by atoms with Crippen LogP contribution in [0, 0.1) is 18.3 Å². The molecule has 0 unspecified atom stereocenters. The fourth-order valence-electron chi connectivity index (χ4n) is 1.51. The van der Waals surface area contributed by atoms with Crippen molar-refractivity contribution in [2.75, 3.05) is 5.73 Å². The van der Waals surface area contributed by atoms with Gasteiger partial charge in [0.2, 0.25) is 0 Å². The van der Waals surface area contributed by atoms with Crippen LogP contribution in [0.1, 0.15) is 11.4 Å². The predicted molar refractivity (Wildman–Crippen MR) is 61.3 cm³/mol. The zero-order valence-corrected chi connectivity index (χ0v) is 8.81. The van der Waals surface area contributed by atoms with Crippen LogP contribution in [0.3, 0.4) is 0 Å². The van der Waals surface area contributed by atoms with E-state index in [2.05, 4.69) is 9.97 Å². The summed E-state index contributed by atoms with van der Waals surface area (Å²) in [4.78, 5) is 8.24. The van der Waals surface area contributed by atoms with Gasteiger partial charge in [-0.2, -0.15) is 5.26 Å². The summed E-state index contributed by atoms with van der Waals surface area (Å²) in [7, 11) is 0. The van der Waals surface area contributed by atoms with E-state index < -0.39 is 0 Å². The summed E-state index contributed by atoms with van der Waals surface area (Å²) in [6, 6.07) is 11.5. The molecule has 0 amide bonds. The molecule has 1 aromatic carbocycles. The molecule has 0 aliphatic heterocycles. The van der Waals surface area contributed by atoms with E-state index >= 15 is 0 Å². The highest BCUT2D eigenvalue weighted by Gasteiger charge is 2.11. The molecule has 0 saturated carbocycles. The summed E-state index contributed by atoms with van der Waals surface area (Å²) in [5, 5.41) is 9.04. The molecule has 0 fully saturated rings. The number of hydrogen-bond donors (Lipinski definition) is 1. The summed E-state index contributed by atoms with van der Waals surface area (Å²) >= 11 is 0. The fraction of sp³-hybridized carbons (Fsp3) is 0.0833. The van der Waals surface area contributed by atoms with Crippen molar-refractivity contribution >= 4 is 5.82 Å². The highest BCUT2D eigenvalue weighted by molar-refractivity contribution is 5.71. The van der Waals surface area contributed by atoms with Crippen molar-refractivity contribution in [3.63, 3.8) is 0 Å². The molecule has 0 aliphatic rings. The van der Waals surface area contributed by atoms with Gasteiger partial charge in [0.25, 0.3) is 0 Å². The topological polar surface area (TPSA) is 75.6 Å². The maximum Gasteiger partial charge on any atom is 0.145 e. The van der Waals surface area contributed by atoms with E-state index in [-0.39, 0.29) is 5.82 Å². The molecule has 1 aromatic heterocycles. The lowest BCUT2D eigenvalue weighted by Gasteiger charge is -2.06. The molecular weight excluding hydrogens is 200 g/mol. The van der Waals surface area contributed by atoms with Gasteiger partial charge in [-0.3, -0.25) is 0 Å². The van der Waals surface area contributed by atoms with Crippen LogP contribution in [0.5, 0.6) is 0 Å². The van der Waals surface area contributed by atoms with Gasteiger partial charge in [-0.1, -0.05) is 30.3 Å². The third-order valence-corrected chi connectivity index (χ3v) is 2.21. The Morgan fingerprint density at radius 1 is 1.19 bits per heavy atom. The Balaban J connectivity index is 2.70. The molecule has 0 spiro atoms. The summed E-state index contributed by atoms with van der Waals surface area (Å²) in [5.74, 6) is 0.796. The van der Waals surface area contributed by atoms with Gasteiger partial charge in [0.1, 0.15) is 23.3 Å². The van der Waals surface area contributed by atoms with Gasteiger partial charge in [0, 0.05) is 5.56 Å². The van der Waals surface area contributed by atoms with Gasteiger partial charge in [-0.05, 0) is 6.92 Å². The van der Waals surface area contributed by atoms with Crippen molar-refractivity contribution in [2.24, 2.45) is 0 Å². The Morgan fingerprint density at radius 3 is 2.50 bits per heavy atom. The van der Waals surface area contributed by atoms with E-state index in [1.807, 2.05) is 36.4 Å². The van der Waals surface area contributed by atoms with Crippen LogP contribution in [0.2, 0.25) is 0 Å². The fourth-order valence-corrected chi connectivity index (χ4v) is 1.51. The molecule has 2 rings (SSSR count). The average Bonchev–Trinajstić information content (AvgIpc) is 2.29. The van der Waals surface area contributed by atoms with Crippen molar-refractivity contribution in [1.82, 2.24) is 9.97 Å². The molecule has 78 valence electrons. The number of benzene rings is 1. The number of rotatable bonds is 1. The molecular formula is C12H10N4. The van der Waals surface area contributed by atoms with Gasteiger partial charge < -0.3 is 5.73 Å².